The molecule has 2 rings (SSSR count). The third kappa shape index (κ3) is 2.70. The molecule has 1 aromatic heterocycles. The van der Waals surface area contributed by atoms with Gasteiger partial charge < -0.3 is 10.4 Å². The summed E-state index contributed by atoms with van der Waals surface area (Å²) < 4.78 is 0. The summed E-state index contributed by atoms with van der Waals surface area (Å²) in [6.45, 7) is 4.04. The summed E-state index contributed by atoms with van der Waals surface area (Å²) in [5.41, 5.74) is 0.652. The highest BCUT2D eigenvalue weighted by Crippen LogP contribution is 2.32. The first kappa shape index (κ1) is 12.2. The third-order valence-electron chi connectivity index (χ3n) is 2.46. The lowest BCUT2D eigenvalue weighted by atomic mass is 9.94. The van der Waals surface area contributed by atoms with Gasteiger partial charge in [0.15, 0.2) is 5.13 Å². The lowest BCUT2D eigenvalue weighted by molar-refractivity contribution is 0.457. The molecular weight excluding hydrogens is 256 g/mol. The maximum absolute atomic E-state index is 9.21. The minimum atomic E-state index is -0.345. The lowest BCUT2D eigenvalue weighted by Crippen LogP contribution is -2.28. The van der Waals surface area contributed by atoms with Gasteiger partial charge in [-0.1, -0.05) is 29.8 Å². The topological polar surface area (TPSA) is 45.2 Å². The van der Waals surface area contributed by atoms with Crippen LogP contribution in [0.3, 0.4) is 0 Å². The van der Waals surface area contributed by atoms with Gasteiger partial charge in [0.2, 0.25) is 5.88 Å². The SMILES string of the molecule is CC(C)(Nc1nc(O)cs1)c1ccccc1Cl. The van der Waals surface area contributed by atoms with Gasteiger partial charge in [-0.05, 0) is 25.5 Å². The first-order chi connectivity index (χ1) is 7.99. The number of hydrogen-bond acceptors (Lipinski definition) is 4. The first-order valence-electron chi connectivity index (χ1n) is 5.17. The summed E-state index contributed by atoms with van der Waals surface area (Å²) in [6.07, 6.45) is 0. The van der Waals surface area contributed by atoms with E-state index in [2.05, 4.69) is 10.3 Å². The number of rotatable bonds is 3. The zero-order valence-corrected chi connectivity index (χ0v) is 11.1. The van der Waals surface area contributed by atoms with Crippen molar-refractivity contribution in [1.82, 2.24) is 4.98 Å². The maximum Gasteiger partial charge on any atom is 0.223 e. The van der Waals surface area contributed by atoms with Crippen LogP contribution in [0.2, 0.25) is 5.02 Å². The second-order valence-electron chi connectivity index (χ2n) is 4.24. The average Bonchev–Trinajstić information content (AvgIpc) is 2.63. The Kier molecular flexibility index (Phi) is 3.26. The zero-order valence-electron chi connectivity index (χ0n) is 9.57. The molecule has 0 fully saturated rings. The van der Waals surface area contributed by atoms with Gasteiger partial charge in [0.1, 0.15) is 0 Å². The molecule has 0 aliphatic carbocycles. The van der Waals surface area contributed by atoms with E-state index in [1.165, 1.54) is 11.3 Å². The number of hydrogen-bond donors (Lipinski definition) is 2. The fourth-order valence-electron chi connectivity index (χ4n) is 1.63. The van der Waals surface area contributed by atoms with E-state index < -0.39 is 0 Å². The van der Waals surface area contributed by atoms with Crippen molar-refractivity contribution in [1.29, 1.82) is 0 Å². The van der Waals surface area contributed by atoms with E-state index in [1.54, 1.807) is 5.38 Å². The van der Waals surface area contributed by atoms with Crippen LogP contribution in [0.15, 0.2) is 29.6 Å². The van der Waals surface area contributed by atoms with Gasteiger partial charge in [0.25, 0.3) is 0 Å². The molecule has 90 valence electrons. The maximum atomic E-state index is 9.21. The molecule has 2 N–H and O–H groups in total. The van der Waals surface area contributed by atoms with Gasteiger partial charge in [0, 0.05) is 5.02 Å². The van der Waals surface area contributed by atoms with Crippen LogP contribution in [0.5, 0.6) is 5.88 Å². The molecule has 0 unspecified atom stereocenters. The molecule has 0 atom stereocenters. The van der Waals surface area contributed by atoms with E-state index in [9.17, 15) is 5.11 Å². The van der Waals surface area contributed by atoms with Gasteiger partial charge in [-0.25, -0.2) is 0 Å². The highest BCUT2D eigenvalue weighted by molar-refractivity contribution is 7.13. The summed E-state index contributed by atoms with van der Waals surface area (Å²) in [6, 6.07) is 7.68. The van der Waals surface area contributed by atoms with Crippen LogP contribution >= 0.6 is 22.9 Å². The molecule has 0 saturated heterocycles. The molecule has 0 saturated carbocycles. The summed E-state index contributed by atoms with van der Waals surface area (Å²) in [7, 11) is 0. The van der Waals surface area contributed by atoms with Crippen molar-refractivity contribution in [3.63, 3.8) is 0 Å². The number of halogens is 1. The molecule has 0 bridgehead atoms. The van der Waals surface area contributed by atoms with Crippen molar-refractivity contribution >= 4 is 28.1 Å². The predicted octanol–water partition coefficient (Wildman–Crippen LogP) is 3.85. The molecule has 2 aromatic rings. The second kappa shape index (κ2) is 4.55. The average molecular weight is 269 g/mol. The Morgan fingerprint density at radius 3 is 2.65 bits per heavy atom. The standard InChI is InChI=1S/C12H13ClN2OS/c1-12(2,8-5-3-4-6-9(8)13)15-11-14-10(16)7-17-11/h3-7,16H,1-2H3,(H,14,15). The van der Waals surface area contributed by atoms with Crippen LogP contribution in [-0.4, -0.2) is 10.1 Å². The van der Waals surface area contributed by atoms with E-state index in [4.69, 9.17) is 11.6 Å². The molecular formula is C12H13ClN2OS. The quantitative estimate of drug-likeness (QED) is 0.889. The second-order valence-corrected chi connectivity index (χ2v) is 5.51. The summed E-state index contributed by atoms with van der Waals surface area (Å²) in [5, 5.41) is 15.4. The molecule has 0 spiro atoms. The van der Waals surface area contributed by atoms with Crippen molar-refractivity contribution in [3.05, 3.63) is 40.2 Å². The van der Waals surface area contributed by atoms with Crippen LogP contribution in [0.4, 0.5) is 5.13 Å². The van der Waals surface area contributed by atoms with Crippen LogP contribution in [0.25, 0.3) is 0 Å². The molecule has 17 heavy (non-hydrogen) atoms. The Morgan fingerprint density at radius 2 is 2.06 bits per heavy atom. The van der Waals surface area contributed by atoms with E-state index in [0.29, 0.717) is 10.2 Å². The smallest absolute Gasteiger partial charge is 0.223 e. The fourth-order valence-corrected chi connectivity index (χ4v) is 2.73. The lowest BCUT2D eigenvalue weighted by Gasteiger charge is -2.27. The molecule has 0 aliphatic heterocycles. The number of aromatic hydroxyl groups is 1. The number of aromatic nitrogens is 1. The van der Waals surface area contributed by atoms with Crippen LogP contribution in [0, 0.1) is 0 Å². The number of nitrogens with one attached hydrogen (secondary N) is 1. The summed E-state index contributed by atoms with van der Waals surface area (Å²) in [4.78, 5) is 3.97. The van der Waals surface area contributed by atoms with Crippen molar-refractivity contribution in [2.75, 3.05) is 5.32 Å². The molecule has 1 heterocycles. The molecule has 0 aliphatic rings. The Labute approximate surface area is 109 Å². The molecule has 0 radical (unpaired) electrons. The normalized spacial score (nSPS) is 11.5. The summed E-state index contributed by atoms with van der Waals surface area (Å²) >= 11 is 7.54. The van der Waals surface area contributed by atoms with Gasteiger partial charge in [-0.3, -0.25) is 0 Å². The number of benzene rings is 1. The van der Waals surface area contributed by atoms with Crippen LogP contribution < -0.4 is 5.32 Å². The summed E-state index contributed by atoms with van der Waals surface area (Å²) in [5.74, 6) is 0.0347. The predicted molar refractivity (Wildman–Crippen MR) is 71.9 cm³/mol. The highest BCUT2D eigenvalue weighted by Gasteiger charge is 2.23. The van der Waals surface area contributed by atoms with E-state index in [0.717, 1.165) is 5.56 Å². The van der Waals surface area contributed by atoms with Crippen LogP contribution in [0.1, 0.15) is 19.4 Å². The minimum Gasteiger partial charge on any atom is -0.493 e. The zero-order chi connectivity index (χ0) is 12.5. The van der Waals surface area contributed by atoms with Gasteiger partial charge in [-0.2, -0.15) is 4.98 Å². The van der Waals surface area contributed by atoms with Crippen molar-refractivity contribution in [2.24, 2.45) is 0 Å². The monoisotopic (exact) mass is 268 g/mol. The Hall–Kier alpha value is -1.26. The van der Waals surface area contributed by atoms with E-state index in [1.807, 2.05) is 38.1 Å². The van der Waals surface area contributed by atoms with E-state index in [-0.39, 0.29) is 11.4 Å². The minimum absolute atomic E-state index is 0.0347. The van der Waals surface area contributed by atoms with Crippen molar-refractivity contribution < 1.29 is 5.11 Å². The number of nitrogens with zero attached hydrogens (tertiary/aromatic N) is 1. The van der Waals surface area contributed by atoms with Crippen LogP contribution in [-0.2, 0) is 5.54 Å². The van der Waals surface area contributed by atoms with Gasteiger partial charge in [0.05, 0.1) is 10.9 Å². The van der Waals surface area contributed by atoms with Gasteiger partial charge in [-0.15, -0.1) is 11.3 Å². The van der Waals surface area contributed by atoms with Crippen molar-refractivity contribution in [2.45, 2.75) is 19.4 Å². The largest absolute Gasteiger partial charge is 0.493 e. The van der Waals surface area contributed by atoms with Crippen molar-refractivity contribution in [3.8, 4) is 5.88 Å². The Bertz CT molecular complexity index is 525. The molecule has 5 heteroatoms. The first-order valence-corrected chi connectivity index (χ1v) is 6.42. The number of anilines is 1. The number of thiazole rings is 1. The highest BCUT2D eigenvalue weighted by atomic mass is 35.5. The molecule has 1 aromatic carbocycles. The molecule has 3 nitrogen and oxygen atoms in total. The molecule has 0 amide bonds. The van der Waals surface area contributed by atoms with Gasteiger partial charge >= 0.3 is 0 Å². The fraction of sp³-hybridized carbons (Fsp3) is 0.250. The third-order valence-corrected chi connectivity index (χ3v) is 3.53. The Morgan fingerprint density at radius 1 is 1.35 bits per heavy atom. The van der Waals surface area contributed by atoms with E-state index >= 15 is 0 Å². The Balaban J connectivity index is 2.27.